The average molecular weight is 330 g/mol. The minimum atomic E-state index is -0.0531. The van der Waals surface area contributed by atoms with Gasteiger partial charge in [-0.15, -0.1) is 0 Å². The molecule has 0 radical (unpaired) electrons. The van der Waals surface area contributed by atoms with Gasteiger partial charge in [0.15, 0.2) is 11.7 Å². The second-order valence-electron chi connectivity index (χ2n) is 5.53. The summed E-state index contributed by atoms with van der Waals surface area (Å²) in [5.41, 5.74) is 0. The largest absolute Gasteiger partial charge is 0.459 e. The number of piperazine rings is 1. The Bertz CT molecular complexity index is 657. The Labute approximate surface area is 140 Å². The van der Waals surface area contributed by atoms with Gasteiger partial charge in [0.25, 0.3) is 5.91 Å². The SMILES string of the molecule is CN=C(NCCn1ccnc1)N1CCN(C(=O)c2ccco2)CC1. The van der Waals surface area contributed by atoms with Gasteiger partial charge in [0.1, 0.15) is 0 Å². The topological polar surface area (TPSA) is 78.9 Å². The highest BCUT2D eigenvalue weighted by Gasteiger charge is 2.24. The van der Waals surface area contributed by atoms with E-state index in [1.807, 2.05) is 15.7 Å². The standard InChI is InChI=1S/C16H22N6O2/c1-17-16(19-5-7-20-6-4-18-13-20)22-10-8-21(9-11-22)15(23)14-3-2-12-24-14/h2-4,6,12-13H,5,7-11H2,1H3,(H,17,19). The number of hydrogen-bond acceptors (Lipinski definition) is 4. The molecule has 0 bridgehead atoms. The van der Waals surface area contributed by atoms with Crippen LogP contribution in [-0.4, -0.2) is 71.0 Å². The zero-order valence-electron chi connectivity index (χ0n) is 13.8. The first kappa shape index (κ1) is 16.1. The Morgan fingerprint density at radius 1 is 1.33 bits per heavy atom. The lowest BCUT2D eigenvalue weighted by atomic mass is 10.3. The van der Waals surface area contributed by atoms with Crippen molar-refractivity contribution in [3.8, 4) is 0 Å². The van der Waals surface area contributed by atoms with Crippen LogP contribution in [0.1, 0.15) is 10.6 Å². The molecule has 2 aromatic heterocycles. The van der Waals surface area contributed by atoms with Crippen molar-refractivity contribution >= 4 is 11.9 Å². The second kappa shape index (κ2) is 7.67. The van der Waals surface area contributed by atoms with E-state index in [4.69, 9.17) is 4.42 Å². The van der Waals surface area contributed by atoms with E-state index >= 15 is 0 Å². The molecule has 8 nitrogen and oxygen atoms in total. The summed E-state index contributed by atoms with van der Waals surface area (Å²) in [7, 11) is 1.78. The highest BCUT2D eigenvalue weighted by atomic mass is 16.3. The van der Waals surface area contributed by atoms with Crippen molar-refractivity contribution in [3.05, 3.63) is 42.9 Å². The van der Waals surface area contributed by atoms with E-state index in [2.05, 4.69) is 20.2 Å². The first-order chi connectivity index (χ1) is 11.8. The van der Waals surface area contributed by atoms with Gasteiger partial charge in [-0.1, -0.05) is 0 Å². The molecule has 1 aliphatic rings. The molecule has 0 atom stereocenters. The minimum Gasteiger partial charge on any atom is -0.459 e. The third-order valence-electron chi connectivity index (χ3n) is 4.02. The van der Waals surface area contributed by atoms with E-state index < -0.39 is 0 Å². The van der Waals surface area contributed by atoms with Crippen LogP contribution >= 0.6 is 0 Å². The van der Waals surface area contributed by atoms with Crippen molar-refractivity contribution in [3.63, 3.8) is 0 Å². The number of aromatic nitrogens is 2. The highest BCUT2D eigenvalue weighted by molar-refractivity contribution is 5.91. The van der Waals surface area contributed by atoms with Gasteiger partial charge in [0.2, 0.25) is 0 Å². The molecule has 1 fully saturated rings. The molecule has 0 aromatic carbocycles. The molecule has 3 heterocycles. The van der Waals surface area contributed by atoms with Gasteiger partial charge in [-0.25, -0.2) is 4.98 Å². The Morgan fingerprint density at radius 3 is 2.75 bits per heavy atom. The van der Waals surface area contributed by atoms with Crippen molar-refractivity contribution in [2.45, 2.75) is 6.54 Å². The summed E-state index contributed by atoms with van der Waals surface area (Å²) in [5.74, 6) is 1.20. The van der Waals surface area contributed by atoms with Crippen LogP contribution in [-0.2, 0) is 6.54 Å². The van der Waals surface area contributed by atoms with Gasteiger partial charge < -0.3 is 24.1 Å². The fourth-order valence-corrected chi connectivity index (χ4v) is 2.73. The molecule has 1 saturated heterocycles. The van der Waals surface area contributed by atoms with Gasteiger partial charge in [-0.2, -0.15) is 0 Å². The molecule has 0 spiro atoms. The van der Waals surface area contributed by atoms with Gasteiger partial charge >= 0.3 is 0 Å². The van der Waals surface area contributed by atoms with Crippen molar-refractivity contribution in [1.82, 2.24) is 24.7 Å². The number of nitrogens with zero attached hydrogens (tertiary/aromatic N) is 5. The number of hydrogen-bond donors (Lipinski definition) is 1. The molecular formula is C16H22N6O2. The lowest BCUT2D eigenvalue weighted by Gasteiger charge is -2.36. The van der Waals surface area contributed by atoms with E-state index in [9.17, 15) is 4.79 Å². The van der Waals surface area contributed by atoms with Crippen LogP contribution < -0.4 is 5.32 Å². The van der Waals surface area contributed by atoms with Gasteiger partial charge in [-0.3, -0.25) is 9.79 Å². The smallest absolute Gasteiger partial charge is 0.289 e. The summed E-state index contributed by atoms with van der Waals surface area (Å²) in [6.07, 6.45) is 7.02. The van der Waals surface area contributed by atoms with Crippen LogP contribution in [0, 0.1) is 0 Å². The summed E-state index contributed by atoms with van der Waals surface area (Å²) in [6, 6.07) is 3.43. The number of amides is 1. The zero-order chi connectivity index (χ0) is 16.8. The molecule has 3 rings (SSSR count). The highest BCUT2D eigenvalue weighted by Crippen LogP contribution is 2.09. The van der Waals surface area contributed by atoms with Crippen LogP contribution in [0.15, 0.2) is 46.5 Å². The summed E-state index contributed by atoms with van der Waals surface area (Å²) in [4.78, 5) is 24.6. The van der Waals surface area contributed by atoms with Crippen LogP contribution in [0.4, 0.5) is 0 Å². The minimum absolute atomic E-state index is 0.0531. The van der Waals surface area contributed by atoms with Gasteiger partial charge in [0, 0.05) is 58.7 Å². The monoisotopic (exact) mass is 330 g/mol. The number of rotatable bonds is 4. The molecule has 2 aromatic rings. The molecule has 1 N–H and O–H groups in total. The predicted octanol–water partition coefficient (Wildman–Crippen LogP) is 0.510. The van der Waals surface area contributed by atoms with Crippen LogP contribution in [0.2, 0.25) is 0 Å². The maximum Gasteiger partial charge on any atom is 0.289 e. The van der Waals surface area contributed by atoms with E-state index in [1.165, 1.54) is 6.26 Å². The Hall–Kier alpha value is -2.77. The number of nitrogens with one attached hydrogen (secondary N) is 1. The summed E-state index contributed by atoms with van der Waals surface area (Å²) >= 11 is 0. The van der Waals surface area contributed by atoms with E-state index in [0.29, 0.717) is 18.8 Å². The van der Waals surface area contributed by atoms with Crippen molar-refractivity contribution in [2.24, 2.45) is 4.99 Å². The number of guanidine groups is 1. The molecule has 0 saturated carbocycles. The lowest BCUT2D eigenvalue weighted by molar-refractivity contribution is 0.0657. The predicted molar refractivity (Wildman–Crippen MR) is 89.8 cm³/mol. The fraction of sp³-hybridized carbons (Fsp3) is 0.438. The summed E-state index contributed by atoms with van der Waals surface area (Å²) in [5, 5.41) is 3.35. The number of furan rings is 1. The molecule has 24 heavy (non-hydrogen) atoms. The van der Waals surface area contributed by atoms with Crippen molar-refractivity contribution < 1.29 is 9.21 Å². The first-order valence-corrected chi connectivity index (χ1v) is 8.02. The van der Waals surface area contributed by atoms with E-state index in [1.54, 1.807) is 31.7 Å². The molecule has 1 amide bonds. The number of imidazole rings is 1. The molecule has 0 unspecified atom stereocenters. The quantitative estimate of drug-likeness (QED) is 0.653. The molecule has 128 valence electrons. The molecular weight excluding hydrogens is 308 g/mol. The Balaban J connectivity index is 1.46. The van der Waals surface area contributed by atoms with Crippen LogP contribution in [0.25, 0.3) is 0 Å². The maximum absolute atomic E-state index is 12.3. The normalized spacial score (nSPS) is 15.6. The molecule has 0 aliphatic carbocycles. The second-order valence-corrected chi connectivity index (χ2v) is 5.53. The van der Waals surface area contributed by atoms with Gasteiger partial charge in [-0.05, 0) is 12.1 Å². The van der Waals surface area contributed by atoms with E-state index in [0.717, 1.165) is 32.1 Å². The third kappa shape index (κ3) is 3.76. The Morgan fingerprint density at radius 2 is 2.12 bits per heavy atom. The van der Waals surface area contributed by atoms with Crippen LogP contribution in [0.3, 0.4) is 0 Å². The summed E-state index contributed by atoms with van der Waals surface area (Å²) in [6.45, 7) is 4.41. The zero-order valence-corrected chi connectivity index (χ0v) is 13.8. The van der Waals surface area contributed by atoms with Crippen LogP contribution in [0.5, 0.6) is 0 Å². The first-order valence-electron chi connectivity index (χ1n) is 8.02. The Kier molecular flexibility index (Phi) is 5.15. The third-order valence-corrected chi connectivity index (χ3v) is 4.02. The fourth-order valence-electron chi connectivity index (χ4n) is 2.73. The number of aliphatic imine (C=N–C) groups is 1. The summed E-state index contributed by atoms with van der Waals surface area (Å²) < 4.78 is 7.20. The van der Waals surface area contributed by atoms with Crippen molar-refractivity contribution in [2.75, 3.05) is 39.8 Å². The average Bonchev–Trinajstić information content (AvgIpc) is 3.32. The number of carbonyl (C=O) groups excluding carboxylic acids is 1. The van der Waals surface area contributed by atoms with Crippen molar-refractivity contribution in [1.29, 1.82) is 0 Å². The molecule has 1 aliphatic heterocycles. The maximum atomic E-state index is 12.3. The number of carbonyl (C=O) groups is 1. The van der Waals surface area contributed by atoms with E-state index in [-0.39, 0.29) is 5.91 Å². The van der Waals surface area contributed by atoms with Gasteiger partial charge in [0.05, 0.1) is 12.6 Å². The lowest BCUT2D eigenvalue weighted by Crippen LogP contribution is -2.54. The molecule has 8 heteroatoms.